The molecule has 2 aliphatic rings. The third-order valence-corrected chi connectivity index (χ3v) is 6.46. The van der Waals surface area contributed by atoms with Crippen LogP contribution in [0.5, 0.6) is 0 Å². The van der Waals surface area contributed by atoms with E-state index in [2.05, 4.69) is 14.7 Å². The standard InChI is InChI=1S/C18H18N4O3S2/c1-25-18(23)14-10-20-16(17-19-7-8-26-17)22-11-12(9-15(14)22)21-27(24)13-5-3-2-4-6-13/h2-8,12,21H,9-11H2,1H3. The van der Waals surface area contributed by atoms with E-state index in [1.165, 1.54) is 18.4 Å². The van der Waals surface area contributed by atoms with Crippen molar-refractivity contribution in [3.8, 4) is 0 Å². The molecule has 27 heavy (non-hydrogen) atoms. The number of hydrogen-bond donors (Lipinski definition) is 1. The molecule has 0 amide bonds. The summed E-state index contributed by atoms with van der Waals surface area (Å²) in [4.78, 5) is 23.8. The number of carbonyl (C=O) groups is 1. The van der Waals surface area contributed by atoms with Crippen LogP contribution in [-0.4, -0.2) is 52.1 Å². The monoisotopic (exact) mass is 402 g/mol. The van der Waals surface area contributed by atoms with E-state index >= 15 is 0 Å². The van der Waals surface area contributed by atoms with Crippen molar-refractivity contribution in [2.75, 3.05) is 20.2 Å². The zero-order valence-electron chi connectivity index (χ0n) is 14.6. The molecule has 2 aromatic rings. The molecule has 1 N–H and O–H groups in total. The second-order valence-corrected chi connectivity index (χ2v) is 8.24. The minimum atomic E-state index is -1.33. The molecule has 0 bridgehead atoms. The Morgan fingerprint density at radius 2 is 2.19 bits per heavy atom. The number of methoxy groups -OCH3 is 1. The first kappa shape index (κ1) is 18.0. The number of nitrogens with one attached hydrogen (secondary N) is 1. The summed E-state index contributed by atoms with van der Waals surface area (Å²) in [6, 6.07) is 9.18. The van der Waals surface area contributed by atoms with E-state index in [1.54, 1.807) is 6.20 Å². The quantitative estimate of drug-likeness (QED) is 0.770. The van der Waals surface area contributed by atoms with Gasteiger partial charge in [0.15, 0.2) is 10.8 Å². The van der Waals surface area contributed by atoms with Gasteiger partial charge in [-0.2, -0.15) is 0 Å². The van der Waals surface area contributed by atoms with Crippen molar-refractivity contribution in [2.45, 2.75) is 17.4 Å². The van der Waals surface area contributed by atoms with E-state index in [1.807, 2.05) is 40.6 Å². The molecule has 0 saturated carbocycles. The number of ether oxygens (including phenoxy) is 1. The molecule has 2 atom stereocenters. The second-order valence-electron chi connectivity index (χ2n) is 6.11. The first-order valence-electron chi connectivity index (χ1n) is 8.42. The predicted molar refractivity (Wildman–Crippen MR) is 104 cm³/mol. The fraction of sp³-hybridized carbons (Fsp3) is 0.278. The van der Waals surface area contributed by atoms with Gasteiger partial charge in [-0.3, -0.25) is 4.99 Å². The van der Waals surface area contributed by atoms with Gasteiger partial charge in [0.1, 0.15) is 11.0 Å². The Bertz CT molecular complexity index is 925. The van der Waals surface area contributed by atoms with Gasteiger partial charge in [-0.15, -0.1) is 11.3 Å². The van der Waals surface area contributed by atoms with Crippen LogP contribution in [0.3, 0.4) is 0 Å². The molecule has 140 valence electrons. The summed E-state index contributed by atoms with van der Waals surface area (Å²) >= 11 is 1.50. The fourth-order valence-corrected chi connectivity index (χ4v) is 4.89. The molecule has 1 aromatic carbocycles. The van der Waals surface area contributed by atoms with Gasteiger partial charge >= 0.3 is 5.97 Å². The van der Waals surface area contributed by atoms with Gasteiger partial charge < -0.3 is 9.64 Å². The van der Waals surface area contributed by atoms with E-state index in [0.717, 1.165) is 21.4 Å². The number of aliphatic imine (C=N–C) groups is 1. The number of rotatable bonds is 5. The Labute approximate surface area is 163 Å². The van der Waals surface area contributed by atoms with E-state index in [0.29, 0.717) is 18.5 Å². The highest BCUT2D eigenvalue weighted by Crippen LogP contribution is 2.32. The van der Waals surface area contributed by atoms with Gasteiger partial charge in [0, 0.05) is 36.3 Å². The Balaban J connectivity index is 1.59. The maximum absolute atomic E-state index is 12.6. The minimum absolute atomic E-state index is 0.0797. The first-order valence-corrected chi connectivity index (χ1v) is 10.5. The molecule has 7 nitrogen and oxygen atoms in total. The molecule has 2 aliphatic heterocycles. The third-order valence-electron chi connectivity index (χ3n) is 4.45. The highest BCUT2D eigenvalue weighted by atomic mass is 32.2. The lowest BCUT2D eigenvalue weighted by atomic mass is 10.1. The lowest BCUT2D eigenvalue weighted by Crippen LogP contribution is -2.37. The smallest absolute Gasteiger partial charge is 0.337 e. The van der Waals surface area contributed by atoms with Crippen LogP contribution < -0.4 is 4.72 Å². The summed E-state index contributed by atoms with van der Waals surface area (Å²) in [5, 5.41) is 2.70. The lowest BCUT2D eigenvalue weighted by molar-refractivity contribution is -0.136. The number of amidine groups is 1. The SMILES string of the molecule is COC(=O)C1=C2CC(NS(=O)c3ccccc3)CN2C(c2nccs2)=NC1. The van der Waals surface area contributed by atoms with Gasteiger partial charge in [0.2, 0.25) is 0 Å². The van der Waals surface area contributed by atoms with Crippen LogP contribution >= 0.6 is 11.3 Å². The summed E-state index contributed by atoms with van der Waals surface area (Å²) in [6.45, 7) is 0.828. The molecule has 4 rings (SSSR count). The van der Waals surface area contributed by atoms with Crippen LogP contribution in [0, 0.1) is 0 Å². The average Bonchev–Trinajstić information content (AvgIpc) is 3.37. The van der Waals surface area contributed by atoms with Crippen molar-refractivity contribution in [1.82, 2.24) is 14.6 Å². The predicted octanol–water partition coefficient (Wildman–Crippen LogP) is 1.72. The fourth-order valence-electron chi connectivity index (χ4n) is 3.23. The number of thiazole rings is 1. The van der Waals surface area contributed by atoms with E-state index < -0.39 is 11.0 Å². The van der Waals surface area contributed by atoms with E-state index in [9.17, 15) is 9.00 Å². The van der Waals surface area contributed by atoms with Crippen LogP contribution in [0.15, 0.2) is 63.1 Å². The van der Waals surface area contributed by atoms with Gasteiger partial charge in [0.05, 0.1) is 24.1 Å². The number of esters is 1. The Kier molecular flexibility index (Phi) is 5.15. The molecule has 1 aromatic heterocycles. The van der Waals surface area contributed by atoms with Gasteiger partial charge in [-0.1, -0.05) is 18.2 Å². The zero-order valence-corrected chi connectivity index (χ0v) is 16.3. The third kappa shape index (κ3) is 3.58. The Morgan fingerprint density at radius 1 is 1.37 bits per heavy atom. The molecule has 0 spiro atoms. The number of hydrogen-bond acceptors (Lipinski definition) is 7. The van der Waals surface area contributed by atoms with E-state index in [4.69, 9.17) is 4.74 Å². The van der Waals surface area contributed by atoms with Gasteiger partial charge in [-0.05, 0) is 12.1 Å². The van der Waals surface area contributed by atoms with Crippen LogP contribution in [0.25, 0.3) is 0 Å². The van der Waals surface area contributed by atoms with Gasteiger partial charge in [0.25, 0.3) is 0 Å². The molecule has 0 aliphatic carbocycles. The van der Waals surface area contributed by atoms with Crippen molar-refractivity contribution >= 4 is 34.1 Å². The van der Waals surface area contributed by atoms with Crippen LogP contribution in [0.4, 0.5) is 0 Å². The van der Waals surface area contributed by atoms with Crippen LogP contribution in [0.2, 0.25) is 0 Å². The molecule has 9 heteroatoms. The maximum atomic E-state index is 12.6. The maximum Gasteiger partial charge on any atom is 0.337 e. The molecular weight excluding hydrogens is 384 g/mol. The minimum Gasteiger partial charge on any atom is -0.466 e. The average molecular weight is 403 g/mol. The van der Waals surface area contributed by atoms with E-state index in [-0.39, 0.29) is 18.6 Å². The van der Waals surface area contributed by atoms with Crippen molar-refractivity contribution in [2.24, 2.45) is 4.99 Å². The number of nitrogens with zero attached hydrogens (tertiary/aromatic N) is 3. The Hall–Kier alpha value is -2.36. The molecule has 2 unspecified atom stereocenters. The van der Waals surface area contributed by atoms with Crippen molar-refractivity contribution in [3.63, 3.8) is 0 Å². The Morgan fingerprint density at radius 3 is 2.89 bits per heavy atom. The number of aromatic nitrogens is 1. The number of benzene rings is 1. The summed E-state index contributed by atoms with van der Waals surface area (Å²) in [7, 11) is 0.0438. The van der Waals surface area contributed by atoms with Crippen molar-refractivity contribution < 1.29 is 13.7 Å². The largest absolute Gasteiger partial charge is 0.466 e. The highest BCUT2D eigenvalue weighted by Gasteiger charge is 2.38. The number of carbonyl (C=O) groups excluding carboxylic acids is 1. The normalized spacial score (nSPS) is 20.3. The zero-order chi connectivity index (χ0) is 18.8. The second kappa shape index (κ2) is 7.71. The summed E-state index contributed by atoms with van der Waals surface area (Å²) < 4.78 is 20.7. The molecule has 0 radical (unpaired) electrons. The van der Waals surface area contributed by atoms with Crippen LogP contribution in [0.1, 0.15) is 11.4 Å². The van der Waals surface area contributed by atoms with Crippen molar-refractivity contribution in [1.29, 1.82) is 0 Å². The first-order chi connectivity index (χ1) is 13.2. The summed E-state index contributed by atoms with van der Waals surface area (Å²) in [6.07, 6.45) is 2.31. The number of fused-ring (bicyclic) bond motifs is 1. The lowest BCUT2D eigenvalue weighted by Gasteiger charge is -2.26. The topological polar surface area (TPSA) is 83.9 Å². The summed E-state index contributed by atoms with van der Waals surface area (Å²) in [5.74, 6) is 0.379. The highest BCUT2D eigenvalue weighted by molar-refractivity contribution is 7.83. The molecule has 1 saturated heterocycles. The van der Waals surface area contributed by atoms with Gasteiger partial charge in [-0.25, -0.2) is 18.7 Å². The molecular formula is C18H18N4O3S2. The van der Waals surface area contributed by atoms with Crippen molar-refractivity contribution in [3.05, 3.63) is 58.2 Å². The summed E-state index contributed by atoms with van der Waals surface area (Å²) in [5.41, 5.74) is 1.41. The molecule has 3 heterocycles. The van der Waals surface area contributed by atoms with Crippen LogP contribution in [-0.2, 0) is 20.5 Å². The molecule has 1 fully saturated rings.